The third-order valence-corrected chi connectivity index (χ3v) is 5.47. The van der Waals surface area contributed by atoms with Crippen molar-refractivity contribution in [2.75, 3.05) is 26.9 Å². The predicted octanol–water partition coefficient (Wildman–Crippen LogP) is -0.580. The highest BCUT2D eigenvalue weighted by Gasteiger charge is 2.79. The highest BCUT2D eigenvalue weighted by molar-refractivity contribution is 5.95. The van der Waals surface area contributed by atoms with Crippen molar-refractivity contribution in [3.8, 4) is 0 Å². The number of alkyl halides is 3. The lowest BCUT2D eigenvalue weighted by Crippen LogP contribution is -2.76. The average Bonchev–Trinajstić information content (AvgIpc) is 3.40. The van der Waals surface area contributed by atoms with E-state index in [1.807, 2.05) is 0 Å². The number of Topliss-reactive ketones (excluding diaryl/α,β-unsaturated/α-hetero) is 1. The van der Waals surface area contributed by atoms with Crippen molar-refractivity contribution in [3.63, 3.8) is 0 Å². The van der Waals surface area contributed by atoms with Crippen LogP contribution in [0, 0.1) is 5.92 Å². The van der Waals surface area contributed by atoms with Gasteiger partial charge in [0.05, 0.1) is 18.6 Å². The Morgan fingerprint density at radius 1 is 1.38 bits per heavy atom. The molecule has 1 spiro atoms. The molecule has 3 aliphatic rings. The van der Waals surface area contributed by atoms with Gasteiger partial charge in [-0.15, -0.1) is 0 Å². The van der Waals surface area contributed by atoms with Crippen LogP contribution in [0.25, 0.3) is 0 Å². The van der Waals surface area contributed by atoms with Gasteiger partial charge in [0.15, 0.2) is 11.4 Å². The minimum atomic E-state index is -4.40. The first-order valence-corrected chi connectivity index (χ1v) is 8.17. The van der Waals surface area contributed by atoms with Crippen LogP contribution in [0.2, 0.25) is 0 Å². The number of ketones is 1. The lowest BCUT2D eigenvalue weighted by atomic mass is 9.63. The molecule has 0 aromatic carbocycles. The molecule has 1 saturated carbocycles. The first-order chi connectivity index (χ1) is 11.8. The normalized spacial score (nSPS) is 48.1. The zero-order valence-electron chi connectivity index (χ0n) is 14.5. The van der Waals surface area contributed by atoms with Crippen LogP contribution < -0.4 is 11.5 Å². The molecule has 0 radical (unpaired) electrons. The highest BCUT2D eigenvalue weighted by Crippen LogP contribution is 2.61. The molecular formula is C15H23F3N2O6. The first-order valence-electron chi connectivity index (χ1n) is 8.17. The Hall–Kier alpha value is -0.820. The molecular weight excluding hydrogens is 361 g/mol. The second-order valence-electron chi connectivity index (χ2n) is 7.46. The molecule has 6 atom stereocenters. The summed E-state index contributed by atoms with van der Waals surface area (Å²) in [7, 11) is 1.22. The molecule has 150 valence electrons. The number of rotatable bonds is 6. The van der Waals surface area contributed by atoms with Crippen LogP contribution in [-0.4, -0.2) is 72.8 Å². The monoisotopic (exact) mass is 384 g/mol. The summed E-state index contributed by atoms with van der Waals surface area (Å²) in [5.74, 6) is -1.67. The minimum Gasteiger partial charge on any atom is -0.372 e. The van der Waals surface area contributed by atoms with Crippen LogP contribution in [0.15, 0.2) is 0 Å². The molecule has 26 heavy (non-hydrogen) atoms. The fraction of sp³-hybridized carbons (Fsp3) is 0.933. The van der Waals surface area contributed by atoms with Gasteiger partial charge in [-0.2, -0.15) is 13.2 Å². The molecule has 5 N–H and O–H groups in total. The van der Waals surface area contributed by atoms with Crippen molar-refractivity contribution in [1.82, 2.24) is 0 Å². The molecule has 6 unspecified atom stereocenters. The van der Waals surface area contributed by atoms with E-state index in [1.165, 1.54) is 7.11 Å². The van der Waals surface area contributed by atoms with Gasteiger partial charge in [0.25, 0.3) is 0 Å². The number of halogens is 3. The number of ether oxygens (including phenoxy) is 4. The molecule has 11 heteroatoms. The van der Waals surface area contributed by atoms with E-state index in [0.717, 1.165) is 0 Å². The van der Waals surface area contributed by atoms with Gasteiger partial charge < -0.3 is 24.1 Å². The van der Waals surface area contributed by atoms with Gasteiger partial charge in [-0.3, -0.25) is 16.3 Å². The Balaban J connectivity index is 1.72. The average molecular weight is 384 g/mol. The zero-order chi connectivity index (χ0) is 19.6. The van der Waals surface area contributed by atoms with Crippen LogP contribution in [0.4, 0.5) is 13.2 Å². The molecule has 0 amide bonds. The summed E-state index contributed by atoms with van der Waals surface area (Å²) in [6.45, 7) is 0.386. The smallest absolute Gasteiger partial charge is 0.372 e. The fourth-order valence-electron chi connectivity index (χ4n) is 4.27. The van der Waals surface area contributed by atoms with Crippen molar-refractivity contribution in [1.29, 1.82) is 0 Å². The summed E-state index contributed by atoms with van der Waals surface area (Å²) in [6, 6.07) is 0. The van der Waals surface area contributed by atoms with E-state index in [2.05, 4.69) is 4.74 Å². The van der Waals surface area contributed by atoms with E-state index in [4.69, 9.17) is 25.7 Å². The second-order valence-corrected chi connectivity index (χ2v) is 7.46. The van der Waals surface area contributed by atoms with Gasteiger partial charge in [0, 0.05) is 20.1 Å². The van der Waals surface area contributed by atoms with Gasteiger partial charge in [-0.1, -0.05) is 0 Å². The maximum absolute atomic E-state index is 12.6. The van der Waals surface area contributed by atoms with Crippen molar-refractivity contribution in [2.45, 2.75) is 54.7 Å². The molecule has 0 aromatic rings. The van der Waals surface area contributed by atoms with E-state index in [1.54, 1.807) is 6.92 Å². The van der Waals surface area contributed by atoms with E-state index in [0.29, 0.717) is 0 Å². The van der Waals surface area contributed by atoms with Crippen LogP contribution in [0.1, 0.15) is 19.8 Å². The molecule has 2 aliphatic heterocycles. The van der Waals surface area contributed by atoms with Crippen LogP contribution >= 0.6 is 0 Å². The van der Waals surface area contributed by atoms with E-state index in [-0.39, 0.29) is 26.1 Å². The second kappa shape index (κ2) is 5.84. The number of hydrogen-bond donors (Lipinski definition) is 3. The number of methoxy groups -OCH3 is 1. The summed E-state index contributed by atoms with van der Waals surface area (Å²) >= 11 is 0. The lowest BCUT2D eigenvalue weighted by molar-refractivity contribution is -0.194. The first kappa shape index (κ1) is 19.9. The van der Waals surface area contributed by atoms with Gasteiger partial charge in [-0.05, 0) is 13.3 Å². The number of carbonyl (C=O) groups excluding carboxylic acids is 1. The summed E-state index contributed by atoms with van der Waals surface area (Å²) in [6.07, 6.45) is -4.87. The third kappa shape index (κ3) is 3.15. The van der Waals surface area contributed by atoms with Crippen molar-refractivity contribution < 1.29 is 42.0 Å². The Bertz CT molecular complexity index is 596. The van der Waals surface area contributed by atoms with Gasteiger partial charge in [0.2, 0.25) is 5.78 Å². The lowest BCUT2D eigenvalue weighted by Gasteiger charge is -2.48. The van der Waals surface area contributed by atoms with Crippen LogP contribution in [-0.2, 0) is 23.7 Å². The van der Waals surface area contributed by atoms with Crippen LogP contribution in [0.3, 0.4) is 0 Å². The van der Waals surface area contributed by atoms with Crippen molar-refractivity contribution >= 4 is 5.78 Å². The van der Waals surface area contributed by atoms with Crippen molar-refractivity contribution in [2.24, 2.45) is 17.4 Å². The Labute approximate surface area is 147 Å². The Kier molecular flexibility index (Phi) is 4.47. The molecule has 2 heterocycles. The minimum absolute atomic E-state index is 0.165. The number of nitrogens with two attached hydrogens (primary N) is 2. The van der Waals surface area contributed by atoms with Crippen LogP contribution in [0.5, 0.6) is 0 Å². The van der Waals surface area contributed by atoms with Gasteiger partial charge >= 0.3 is 6.18 Å². The Morgan fingerprint density at radius 3 is 2.50 bits per heavy atom. The molecule has 2 saturated heterocycles. The fourth-order valence-corrected chi connectivity index (χ4v) is 4.27. The number of carbonyl (C=O) groups is 1. The molecule has 0 aromatic heterocycles. The predicted molar refractivity (Wildman–Crippen MR) is 79.6 cm³/mol. The maximum Gasteiger partial charge on any atom is 0.411 e. The number of aliphatic hydroxyl groups is 1. The maximum atomic E-state index is 12.6. The molecule has 0 bridgehead atoms. The summed E-state index contributed by atoms with van der Waals surface area (Å²) in [5.41, 5.74) is 5.76. The number of epoxide rings is 2. The summed E-state index contributed by atoms with van der Waals surface area (Å²) in [4.78, 5) is 12.6. The SMILES string of the molecule is COC1(N)C(=O)C(N)(O)CC2(CO2)C1C1(C)OC1CCOCC(F)(F)F. The van der Waals surface area contributed by atoms with Crippen molar-refractivity contribution in [3.05, 3.63) is 0 Å². The molecule has 3 rings (SSSR count). The topological polar surface area (TPSA) is 133 Å². The quantitative estimate of drug-likeness (QED) is 0.315. The van der Waals surface area contributed by atoms with E-state index < -0.39 is 53.2 Å². The zero-order valence-corrected chi connectivity index (χ0v) is 14.5. The summed E-state index contributed by atoms with van der Waals surface area (Å²) < 4.78 is 57.4. The van der Waals surface area contributed by atoms with E-state index in [9.17, 15) is 23.1 Å². The van der Waals surface area contributed by atoms with Gasteiger partial charge in [0.1, 0.15) is 17.8 Å². The third-order valence-electron chi connectivity index (χ3n) is 5.47. The largest absolute Gasteiger partial charge is 0.411 e. The molecule has 1 aliphatic carbocycles. The van der Waals surface area contributed by atoms with Gasteiger partial charge in [-0.25, -0.2) is 0 Å². The number of hydrogen-bond acceptors (Lipinski definition) is 8. The standard InChI is InChI=1S/C15H23F3N2O6/c1-11(8(26-11)3-4-24-7-14(16,17)18)9-12(6-25-12)5-13(19,22)10(21)15(9,20)23-2/h8-9,22H,3-7,19-20H2,1-2H3. The Morgan fingerprint density at radius 2 is 2.00 bits per heavy atom. The summed E-state index contributed by atoms with van der Waals surface area (Å²) in [5, 5.41) is 10.2. The van der Waals surface area contributed by atoms with E-state index >= 15 is 0 Å². The molecule has 8 nitrogen and oxygen atoms in total. The molecule has 3 fully saturated rings. The highest BCUT2D eigenvalue weighted by atomic mass is 19.4.